The van der Waals surface area contributed by atoms with Crippen LogP contribution in [0.1, 0.15) is 48.6 Å². The van der Waals surface area contributed by atoms with Gasteiger partial charge >= 0.3 is 5.97 Å². The third kappa shape index (κ3) is 2.36. The summed E-state index contributed by atoms with van der Waals surface area (Å²) in [6, 6.07) is 1.83. The number of furan rings is 1. The minimum absolute atomic E-state index is 0.0667. The summed E-state index contributed by atoms with van der Waals surface area (Å²) in [7, 11) is 0. The van der Waals surface area contributed by atoms with Gasteiger partial charge in [-0.1, -0.05) is 0 Å². The number of carbonyl (C=O) groups is 1. The van der Waals surface area contributed by atoms with Gasteiger partial charge in [-0.3, -0.25) is 4.90 Å². The maximum Gasteiger partial charge on any atom is 0.372 e. The van der Waals surface area contributed by atoms with Gasteiger partial charge in [0.25, 0.3) is 0 Å². The van der Waals surface area contributed by atoms with E-state index in [1.807, 2.05) is 6.07 Å². The van der Waals surface area contributed by atoms with E-state index < -0.39 is 5.97 Å². The topological polar surface area (TPSA) is 53.7 Å². The first kappa shape index (κ1) is 12.2. The molecule has 1 aliphatic heterocycles. The number of nitrogens with zero attached hydrogens (tertiary/aromatic N) is 1. The zero-order valence-corrected chi connectivity index (χ0v) is 10.6. The van der Waals surface area contributed by atoms with Gasteiger partial charge in [-0.15, -0.1) is 0 Å². The smallest absolute Gasteiger partial charge is 0.372 e. The Bertz CT molecular complexity index is 434. The Balaban J connectivity index is 2.14. The van der Waals surface area contributed by atoms with Crippen LogP contribution in [0.15, 0.2) is 10.5 Å². The first-order valence-corrected chi connectivity index (χ1v) is 5.98. The zero-order chi connectivity index (χ0) is 12.6. The monoisotopic (exact) mass is 237 g/mol. The number of aromatic carboxylic acids is 1. The minimum atomic E-state index is -0.991. The fraction of sp³-hybridized carbons (Fsp3) is 0.615. The molecule has 0 radical (unpaired) electrons. The summed E-state index contributed by atoms with van der Waals surface area (Å²) < 4.78 is 5.39. The van der Waals surface area contributed by atoms with Crippen LogP contribution in [0, 0.1) is 6.92 Å². The number of aryl methyl sites for hydroxylation is 1. The molecule has 1 fully saturated rings. The molecule has 0 amide bonds. The number of hydrogen-bond donors (Lipinski definition) is 1. The van der Waals surface area contributed by atoms with Crippen LogP contribution < -0.4 is 0 Å². The Morgan fingerprint density at radius 2 is 2.29 bits per heavy atom. The van der Waals surface area contributed by atoms with Crippen molar-refractivity contribution in [3.05, 3.63) is 23.2 Å². The van der Waals surface area contributed by atoms with Gasteiger partial charge in [-0.2, -0.15) is 0 Å². The molecular weight excluding hydrogens is 218 g/mol. The molecule has 17 heavy (non-hydrogen) atoms. The van der Waals surface area contributed by atoms with Gasteiger partial charge in [-0.25, -0.2) is 4.79 Å². The van der Waals surface area contributed by atoms with Gasteiger partial charge in [-0.05, 0) is 46.2 Å². The van der Waals surface area contributed by atoms with E-state index in [-0.39, 0.29) is 11.3 Å². The second-order valence-electron chi connectivity index (χ2n) is 5.37. The Morgan fingerprint density at radius 3 is 2.76 bits per heavy atom. The summed E-state index contributed by atoms with van der Waals surface area (Å²) in [6.07, 6.45) is 2.37. The van der Waals surface area contributed by atoms with Gasteiger partial charge in [0.15, 0.2) is 0 Å². The number of hydrogen-bond acceptors (Lipinski definition) is 3. The average Bonchev–Trinajstić information content (AvgIpc) is 2.72. The average molecular weight is 237 g/mol. The number of carboxylic acids is 1. The molecule has 0 aromatic carbocycles. The summed E-state index contributed by atoms with van der Waals surface area (Å²) in [6.45, 7) is 7.95. The van der Waals surface area contributed by atoms with E-state index in [4.69, 9.17) is 9.52 Å². The molecule has 0 aliphatic carbocycles. The van der Waals surface area contributed by atoms with Gasteiger partial charge in [0.1, 0.15) is 5.76 Å². The van der Waals surface area contributed by atoms with E-state index in [0.29, 0.717) is 12.1 Å². The van der Waals surface area contributed by atoms with Crippen molar-refractivity contribution in [3.63, 3.8) is 0 Å². The van der Waals surface area contributed by atoms with E-state index in [0.717, 1.165) is 12.3 Å². The zero-order valence-electron chi connectivity index (χ0n) is 10.6. The quantitative estimate of drug-likeness (QED) is 0.878. The van der Waals surface area contributed by atoms with E-state index in [9.17, 15) is 4.79 Å². The van der Waals surface area contributed by atoms with Crippen molar-refractivity contribution in [1.82, 2.24) is 4.90 Å². The molecule has 0 bridgehead atoms. The predicted molar refractivity (Wildman–Crippen MR) is 64.1 cm³/mol. The van der Waals surface area contributed by atoms with E-state index >= 15 is 0 Å². The molecule has 1 saturated heterocycles. The van der Waals surface area contributed by atoms with Crippen LogP contribution in [0.4, 0.5) is 0 Å². The van der Waals surface area contributed by atoms with Crippen LogP contribution in [0.3, 0.4) is 0 Å². The maximum atomic E-state index is 10.9. The van der Waals surface area contributed by atoms with Gasteiger partial charge in [0.2, 0.25) is 5.76 Å². The molecule has 2 heterocycles. The highest BCUT2D eigenvalue weighted by Crippen LogP contribution is 2.30. The fourth-order valence-corrected chi connectivity index (χ4v) is 2.48. The van der Waals surface area contributed by atoms with Crippen molar-refractivity contribution in [2.45, 2.75) is 45.7 Å². The summed E-state index contributed by atoms with van der Waals surface area (Å²) in [5.74, 6) is -0.179. The lowest BCUT2D eigenvalue weighted by Gasteiger charge is -2.30. The fourth-order valence-electron chi connectivity index (χ4n) is 2.48. The summed E-state index contributed by atoms with van der Waals surface area (Å²) in [5, 5.41) is 8.94. The molecule has 1 N–H and O–H groups in total. The molecule has 0 saturated carbocycles. The number of likely N-dealkylation sites (tertiary alicyclic amines) is 1. The predicted octanol–water partition coefficient (Wildman–Crippen LogP) is 2.66. The molecule has 2 rings (SSSR count). The summed E-state index contributed by atoms with van der Waals surface area (Å²) in [5.41, 5.74) is 0.883. The minimum Gasteiger partial charge on any atom is -0.475 e. The molecule has 0 atom stereocenters. The third-order valence-electron chi connectivity index (χ3n) is 3.58. The SMILES string of the molecule is Cc1cc(CN2CCCC2(C)C)oc1C(=O)O. The van der Waals surface area contributed by atoms with Gasteiger partial charge in [0.05, 0.1) is 6.54 Å². The van der Waals surface area contributed by atoms with Crippen LogP contribution in [-0.4, -0.2) is 28.1 Å². The molecular formula is C13H19NO3. The molecule has 1 aliphatic rings. The lowest BCUT2D eigenvalue weighted by molar-refractivity contribution is 0.0655. The Morgan fingerprint density at radius 1 is 1.59 bits per heavy atom. The second-order valence-corrected chi connectivity index (χ2v) is 5.37. The molecule has 0 spiro atoms. The first-order valence-electron chi connectivity index (χ1n) is 5.98. The molecule has 4 heteroatoms. The summed E-state index contributed by atoms with van der Waals surface area (Å²) >= 11 is 0. The molecule has 94 valence electrons. The normalized spacial score (nSPS) is 19.7. The highest BCUT2D eigenvalue weighted by atomic mass is 16.4. The lowest BCUT2D eigenvalue weighted by Crippen LogP contribution is -2.37. The standard InChI is InChI=1S/C13H19NO3/c1-9-7-10(17-11(9)12(15)16)8-14-6-4-5-13(14,2)3/h7H,4-6,8H2,1-3H3,(H,15,16). The van der Waals surface area contributed by atoms with Crippen molar-refractivity contribution in [3.8, 4) is 0 Å². The van der Waals surface area contributed by atoms with Crippen LogP contribution in [0.2, 0.25) is 0 Å². The Kier molecular flexibility index (Phi) is 3.00. The molecule has 1 aromatic heterocycles. The third-order valence-corrected chi connectivity index (χ3v) is 3.58. The number of rotatable bonds is 3. The molecule has 4 nitrogen and oxygen atoms in total. The highest BCUT2D eigenvalue weighted by Gasteiger charge is 2.32. The van der Waals surface area contributed by atoms with E-state index in [2.05, 4.69) is 18.7 Å². The maximum absolute atomic E-state index is 10.9. The second kappa shape index (κ2) is 4.18. The van der Waals surface area contributed by atoms with Crippen molar-refractivity contribution >= 4 is 5.97 Å². The molecule has 1 aromatic rings. The summed E-state index contributed by atoms with van der Waals surface area (Å²) in [4.78, 5) is 13.2. The van der Waals surface area contributed by atoms with E-state index in [1.54, 1.807) is 6.92 Å². The molecule has 0 unspecified atom stereocenters. The Hall–Kier alpha value is -1.29. The number of carboxylic acid groups (broad SMARTS) is 1. The lowest BCUT2D eigenvalue weighted by atomic mass is 10.0. The Labute approximate surface area is 101 Å². The van der Waals surface area contributed by atoms with Crippen LogP contribution in [-0.2, 0) is 6.54 Å². The van der Waals surface area contributed by atoms with Crippen LogP contribution in [0.25, 0.3) is 0 Å². The highest BCUT2D eigenvalue weighted by molar-refractivity contribution is 5.86. The van der Waals surface area contributed by atoms with Gasteiger partial charge < -0.3 is 9.52 Å². The first-order chi connectivity index (χ1) is 7.90. The van der Waals surface area contributed by atoms with Crippen molar-refractivity contribution < 1.29 is 14.3 Å². The van der Waals surface area contributed by atoms with Crippen LogP contribution >= 0.6 is 0 Å². The van der Waals surface area contributed by atoms with Crippen molar-refractivity contribution in [1.29, 1.82) is 0 Å². The van der Waals surface area contributed by atoms with Crippen molar-refractivity contribution in [2.75, 3.05) is 6.54 Å². The van der Waals surface area contributed by atoms with Gasteiger partial charge in [0, 0.05) is 11.1 Å². The van der Waals surface area contributed by atoms with Crippen molar-refractivity contribution in [2.24, 2.45) is 0 Å². The van der Waals surface area contributed by atoms with Crippen LogP contribution in [0.5, 0.6) is 0 Å². The van der Waals surface area contributed by atoms with E-state index in [1.165, 1.54) is 12.8 Å². The largest absolute Gasteiger partial charge is 0.475 e.